The van der Waals surface area contributed by atoms with Crippen LogP contribution in [0.5, 0.6) is 0 Å². The molecule has 0 fully saturated rings. The Bertz CT molecular complexity index is 485. The molecule has 1 aliphatic carbocycles. The first kappa shape index (κ1) is 14.0. The van der Waals surface area contributed by atoms with Gasteiger partial charge in [0.15, 0.2) is 0 Å². The van der Waals surface area contributed by atoms with Gasteiger partial charge in [-0.25, -0.2) is 0 Å². The van der Waals surface area contributed by atoms with Crippen molar-refractivity contribution in [3.63, 3.8) is 0 Å². The Hall–Kier alpha value is -0.410. The van der Waals surface area contributed by atoms with E-state index in [4.69, 9.17) is 18.4 Å². The summed E-state index contributed by atoms with van der Waals surface area (Å²) >= 11 is 6.58. The van der Waals surface area contributed by atoms with E-state index in [0.29, 0.717) is 5.92 Å². The van der Waals surface area contributed by atoms with Gasteiger partial charge in [0, 0.05) is 10.3 Å². The van der Waals surface area contributed by atoms with Crippen LogP contribution in [0.4, 0.5) is 5.00 Å². The fraction of sp³-hybridized carbons (Fsp3) is 0.600. The first-order valence-corrected chi connectivity index (χ1v) is 7.92. The Kier molecular flexibility index (Phi) is 3.84. The third kappa shape index (κ3) is 2.23. The molecular weight excluding hydrogens is 258 g/mol. The zero-order chi connectivity index (χ0) is 13.5. The van der Waals surface area contributed by atoms with Crippen molar-refractivity contribution in [2.24, 2.45) is 5.92 Å². The lowest BCUT2D eigenvalue weighted by Gasteiger charge is -2.36. The summed E-state index contributed by atoms with van der Waals surface area (Å²) in [7, 11) is 0. The van der Waals surface area contributed by atoms with Crippen LogP contribution in [-0.4, -0.2) is 0 Å². The van der Waals surface area contributed by atoms with E-state index >= 15 is 0 Å². The van der Waals surface area contributed by atoms with Crippen molar-refractivity contribution in [3.05, 3.63) is 27.0 Å². The molecule has 3 heteroatoms. The quantitative estimate of drug-likeness (QED) is 0.755. The van der Waals surface area contributed by atoms with Crippen LogP contribution in [-0.2, 0) is 11.8 Å². The smallest absolute Gasteiger partial charge is 0.0892 e. The van der Waals surface area contributed by atoms with Crippen LogP contribution in [0.15, 0.2) is 11.0 Å². The zero-order valence-corrected chi connectivity index (χ0v) is 13.4. The van der Waals surface area contributed by atoms with Gasteiger partial charge < -0.3 is 5.73 Å². The van der Waals surface area contributed by atoms with Crippen LogP contribution < -0.4 is 5.73 Å². The maximum absolute atomic E-state index is 6.12. The maximum Gasteiger partial charge on any atom is 0.0892 e. The second-order valence-corrected chi connectivity index (χ2v) is 7.49. The molecule has 1 aliphatic rings. The normalized spacial score (nSPS) is 24.4. The molecule has 0 aromatic carbocycles. The number of nitrogen functional groups attached to an aromatic ring is 1. The highest BCUT2D eigenvalue weighted by molar-refractivity contribution is 7.84. The first-order valence-electron chi connectivity index (χ1n) is 6.65. The molecule has 0 unspecified atom stereocenters. The van der Waals surface area contributed by atoms with Gasteiger partial charge in [0.1, 0.15) is 0 Å². The van der Waals surface area contributed by atoms with Crippen molar-refractivity contribution in [1.29, 1.82) is 0 Å². The molecule has 0 saturated carbocycles. The molecule has 100 valence electrons. The Morgan fingerprint density at radius 3 is 2.78 bits per heavy atom. The molecule has 0 spiro atoms. The van der Waals surface area contributed by atoms with Crippen LogP contribution in [0.25, 0.3) is 0 Å². The van der Waals surface area contributed by atoms with Crippen molar-refractivity contribution < 1.29 is 0 Å². The van der Waals surface area contributed by atoms with Gasteiger partial charge in [-0.3, -0.25) is 0 Å². The molecule has 1 heterocycles. The predicted molar refractivity (Wildman–Crippen MR) is 85.7 cm³/mol. The van der Waals surface area contributed by atoms with Gasteiger partial charge in [0.25, 0.3) is 0 Å². The first-order chi connectivity index (χ1) is 8.36. The summed E-state index contributed by atoms with van der Waals surface area (Å²) in [5, 5.41) is 0.985. The highest BCUT2D eigenvalue weighted by Crippen LogP contribution is 2.49. The SMILES string of the molecule is Cc1c(N)sc2c1[C@@](C)(/C(S)=C/C(C)C)CCC2. The Morgan fingerprint density at radius 2 is 2.17 bits per heavy atom. The molecule has 1 aromatic rings. The van der Waals surface area contributed by atoms with Gasteiger partial charge in [-0.2, -0.15) is 0 Å². The van der Waals surface area contributed by atoms with E-state index in [2.05, 4.69) is 33.8 Å². The van der Waals surface area contributed by atoms with E-state index < -0.39 is 0 Å². The number of anilines is 1. The fourth-order valence-corrected chi connectivity index (χ4v) is 4.74. The molecule has 18 heavy (non-hydrogen) atoms. The van der Waals surface area contributed by atoms with Gasteiger partial charge in [0.05, 0.1) is 5.00 Å². The molecule has 2 rings (SSSR count). The summed E-state index contributed by atoms with van der Waals surface area (Å²) in [6, 6.07) is 0. The highest BCUT2D eigenvalue weighted by atomic mass is 32.1. The number of hydrogen-bond acceptors (Lipinski definition) is 3. The number of aryl methyl sites for hydroxylation is 1. The lowest BCUT2D eigenvalue weighted by Crippen LogP contribution is -2.28. The summed E-state index contributed by atoms with van der Waals surface area (Å²) in [5.74, 6) is 0.538. The van der Waals surface area contributed by atoms with Gasteiger partial charge in [-0.1, -0.05) is 26.8 Å². The largest absolute Gasteiger partial charge is 0.390 e. The number of thiophene rings is 1. The molecule has 0 bridgehead atoms. The predicted octanol–water partition coefficient (Wildman–Crippen LogP) is 4.70. The Labute approximate surface area is 120 Å². The van der Waals surface area contributed by atoms with Crippen LogP contribution in [0, 0.1) is 12.8 Å². The van der Waals surface area contributed by atoms with E-state index in [1.807, 2.05) is 0 Å². The van der Waals surface area contributed by atoms with Gasteiger partial charge in [-0.05, 0) is 48.1 Å². The number of fused-ring (bicyclic) bond motifs is 1. The third-order valence-corrected chi connectivity index (χ3v) is 5.77. The van der Waals surface area contributed by atoms with E-state index in [-0.39, 0.29) is 5.41 Å². The molecule has 0 saturated heterocycles. The monoisotopic (exact) mass is 281 g/mol. The third-order valence-electron chi connectivity index (χ3n) is 3.95. The number of nitrogens with two attached hydrogens (primary N) is 1. The van der Waals surface area contributed by atoms with Crippen molar-refractivity contribution >= 4 is 29.0 Å². The molecular formula is C15H23NS2. The number of rotatable bonds is 2. The summed E-state index contributed by atoms with van der Waals surface area (Å²) in [5.41, 5.74) is 8.92. The minimum absolute atomic E-state index is 0.0686. The molecule has 0 radical (unpaired) electrons. The van der Waals surface area contributed by atoms with Crippen LogP contribution in [0.3, 0.4) is 0 Å². The van der Waals surface area contributed by atoms with Crippen LogP contribution >= 0.6 is 24.0 Å². The van der Waals surface area contributed by atoms with E-state index in [1.54, 1.807) is 11.3 Å². The molecule has 1 aromatic heterocycles. The summed E-state index contributed by atoms with van der Waals surface area (Å²) < 4.78 is 0. The number of thiol groups is 1. The summed E-state index contributed by atoms with van der Waals surface area (Å²) in [4.78, 5) is 2.68. The number of allylic oxidation sites excluding steroid dienone is 2. The van der Waals surface area contributed by atoms with Crippen molar-refractivity contribution in [2.45, 2.75) is 52.4 Å². The van der Waals surface area contributed by atoms with Crippen molar-refractivity contribution in [1.82, 2.24) is 0 Å². The molecule has 2 N–H and O–H groups in total. The lowest BCUT2D eigenvalue weighted by molar-refractivity contribution is 0.475. The topological polar surface area (TPSA) is 26.0 Å². The minimum Gasteiger partial charge on any atom is -0.390 e. The second kappa shape index (κ2) is 4.93. The average Bonchev–Trinajstić information content (AvgIpc) is 2.55. The van der Waals surface area contributed by atoms with Gasteiger partial charge >= 0.3 is 0 Å². The van der Waals surface area contributed by atoms with Crippen LogP contribution in [0.2, 0.25) is 0 Å². The maximum atomic E-state index is 6.12. The summed E-state index contributed by atoms with van der Waals surface area (Å²) in [6.45, 7) is 8.90. The second-order valence-electron chi connectivity index (χ2n) is 5.87. The highest BCUT2D eigenvalue weighted by Gasteiger charge is 2.37. The molecule has 0 amide bonds. The van der Waals surface area contributed by atoms with Crippen LogP contribution in [0.1, 0.15) is 49.6 Å². The fourth-order valence-electron chi connectivity index (χ4n) is 2.97. The van der Waals surface area contributed by atoms with Crippen molar-refractivity contribution in [2.75, 3.05) is 5.73 Å². The Morgan fingerprint density at radius 1 is 1.50 bits per heavy atom. The van der Waals surface area contributed by atoms with Gasteiger partial charge in [-0.15, -0.1) is 24.0 Å². The zero-order valence-electron chi connectivity index (χ0n) is 11.7. The number of hydrogen-bond donors (Lipinski definition) is 2. The van der Waals surface area contributed by atoms with E-state index in [9.17, 15) is 0 Å². The molecule has 0 aliphatic heterocycles. The molecule has 1 nitrogen and oxygen atoms in total. The van der Waals surface area contributed by atoms with E-state index in [1.165, 1.54) is 40.2 Å². The average molecular weight is 281 g/mol. The Balaban J connectivity index is 2.55. The summed E-state index contributed by atoms with van der Waals surface area (Å²) in [6.07, 6.45) is 5.87. The minimum atomic E-state index is 0.0686. The van der Waals surface area contributed by atoms with Gasteiger partial charge in [0.2, 0.25) is 0 Å². The van der Waals surface area contributed by atoms with Crippen molar-refractivity contribution in [3.8, 4) is 0 Å². The lowest BCUT2D eigenvalue weighted by atomic mass is 9.72. The standard InChI is InChI=1S/C15H23NS2/c1-9(2)8-12(17)15(4)7-5-6-11-13(15)10(3)14(16)18-11/h8-9,17H,5-7,16H2,1-4H3/b12-8-/t15-/m1/s1. The molecule has 1 atom stereocenters. The van der Waals surface area contributed by atoms with E-state index in [0.717, 1.165) is 5.00 Å².